The van der Waals surface area contributed by atoms with Crippen LogP contribution in [-0.4, -0.2) is 49.7 Å². The van der Waals surface area contributed by atoms with Gasteiger partial charge < -0.3 is 14.5 Å². The topological polar surface area (TPSA) is 32.8 Å². The maximum absolute atomic E-state index is 11.6. The number of benzene rings is 1. The van der Waals surface area contributed by atoms with Gasteiger partial charge in [0.25, 0.3) is 0 Å². The Balaban J connectivity index is 1.69. The van der Waals surface area contributed by atoms with Crippen molar-refractivity contribution in [3.05, 3.63) is 29.8 Å². The van der Waals surface area contributed by atoms with Crippen molar-refractivity contribution in [1.29, 1.82) is 0 Å². The van der Waals surface area contributed by atoms with Crippen LogP contribution in [0.3, 0.4) is 0 Å². The van der Waals surface area contributed by atoms with Crippen molar-refractivity contribution in [2.24, 2.45) is 0 Å². The van der Waals surface area contributed by atoms with Crippen LogP contribution in [0.5, 0.6) is 0 Å². The molecule has 4 nitrogen and oxygen atoms in total. The lowest BCUT2D eigenvalue weighted by atomic mass is 9.89. The van der Waals surface area contributed by atoms with Crippen molar-refractivity contribution in [2.45, 2.75) is 31.8 Å². The Labute approximate surface area is 126 Å². The zero-order valence-electron chi connectivity index (χ0n) is 13.0. The highest BCUT2D eigenvalue weighted by molar-refractivity contribution is 5.78. The predicted molar refractivity (Wildman–Crippen MR) is 83.6 cm³/mol. The molecule has 21 heavy (non-hydrogen) atoms. The normalized spacial score (nSPS) is 21.9. The van der Waals surface area contributed by atoms with Gasteiger partial charge in [-0.05, 0) is 30.9 Å². The second kappa shape index (κ2) is 5.68. The fourth-order valence-electron chi connectivity index (χ4n) is 3.47. The fraction of sp³-hybridized carbons (Fsp3) is 0.588. The lowest BCUT2D eigenvalue weighted by Gasteiger charge is -2.47. The van der Waals surface area contributed by atoms with Gasteiger partial charge in [-0.2, -0.15) is 0 Å². The molecule has 0 radical (unpaired) electrons. The maximum Gasteiger partial charge on any atom is 0.248 e. The molecule has 0 saturated carbocycles. The van der Waals surface area contributed by atoms with Gasteiger partial charge in [0.1, 0.15) is 6.61 Å². The van der Waals surface area contributed by atoms with Crippen molar-refractivity contribution >= 4 is 11.6 Å². The number of aryl methyl sites for hydroxylation is 1. The molecule has 3 rings (SSSR count). The minimum absolute atomic E-state index is 0.0967. The standard InChI is InChI=1S/C17H24N2O2/c1-3-14-6-4-5-7-15(14)19-10-8-17(9-11-19)13-18(2)16(20)12-21-17/h4-7H,3,8-13H2,1-2H3. The quantitative estimate of drug-likeness (QED) is 0.835. The predicted octanol–water partition coefficient (Wildman–Crippen LogP) is 2.08. The van der Waals surface area contributed by atoms with Crippen LogP contribution in [0.15, 0.2) is 24.3 Å². The third-order valence-electron chi connectivity index (χ3n) is 4.84. The number of hydrogen-bond acceptors (Lipinski definition) is 3. The summed E-state index contributed by atoms with van der Waals surface area (Å²) in [5.74, 6) is 0.0967. The van der Waals surface area contributed by atoms with Crippen LogP contribution in [0.1, 0.15) is 25.3 Å². The second-order valence-corrected chi connectivity index (χ2v) is 6.19. The van der Waals surface area contributed by atoms with Crippen LogP contribution in [0.4, 0.5) is 5.69 Å². The van der Waals surface area contributed by atoms with Crippen LogP contribution in [0.2, 0.25) is 0 Å². The molecule has 1 amide bonds. The van der Waals surface area contributed by atoms with E-state index in [1.807, 2.05) is 11.9 Å². The van der Waals surface area contributed by atoms with Gasteiger partial charge in [-0.15, -0.1) is 0 Å². The Hall–Kier alpha value is -1.55. The molecule has 1 spiro atoms. The molecular weight excluding hydrogens is 264 g/mol. The van der Waals surface area contributed by atoms with Crippen molar-refractivity contribution in [2.75, 3.05) is 38.2 Å². The average Bonchev–Trinajstić information content (AvgIpc) is 2.52. The van der Waals surface area contributed by atoms with Crippen LogP contribution < -0.4 is 4.90 Å². The number of piperidine rings is 1. The molecule has 0 atom stereocenters. The molecule has 2 aliphatic rings. The number of amides is 1. The van der Waals surface area contributed by atoms with Crippen molar-refractivity contribution in [3.8, 4) is 0 Å². The first-order valence-corrected chi connectivity index (χ1v) is 7.84. The number of carbonyl (C=O) groups excluding carboxylic acids is 1. The van der Waals surface area contributed by atoms with Crippen molar-refractivity contribution < 1.29 is 9.53 Å². The first kappa shape index (κ1) is 14.4. The number of carbonyl (C=O) groups is 1. The molecule has 0 N–H and O–H groups in total. The number of nitrogens with zero attached hydrogens (tertiary/aromatic N) is 2. The van der Waals surface area contributed by atoms with Gasteiger partial charge in [0, 0.05) is 32.4 Å². The van der Waals surface area contributed by atoms with E-state index in [9.17, 15) is 4.79 Å². The lowest BCUT2D eigenvalue weighted by molar-refractivity contribution is -0.164. The average molecular weight is 288 g/mol. The van der Waals surface area contributed by atoms with E-state index in [0.717, 1.165) is 38.9 Å². The largest absolute Gasteiger partial charge is 0.371 e. The summed E-state index contributed by atoms with van der Waals surface area (Å²) in [6.07, 6.45) is 3.04. The third kappa shape index (κ3) is 2.77. The minimum atomic E-state index is -0.125. The Morgan fingerprint density at radius 2 is 1.95 bits per heavy atom. The molecule has 2 fully saturated rings. The molecule has 0 aromatic heterocycles. The highest BCUT2D eigenvalue weighted by atomic mass is 16.5. The van der Waals surface area contributed by atoms with Gasteiger partial charge in [0.2, 0.25) is 5.91 Å². The Morgan fingerprint density at radius 1 is 1.24 bits per heavy atom. The van der Waals surface area contributed by atoms with Crippen LogP contribution >= 0.6 is 0 Å². The highest BCUT2D eigenvalue weighted by Crippen LogP contribution is 2.33. The summed E-state index contributed by atoms with van der Waals surface area (Å²) in [5, 5.41) is 0. The van der Waals surface area contributed by atoms with E-state index in [0.29, 0.717) is 0 Å². The Kier molecular flexibility index (Phi) is 3.89. The minimum Gasteiger partial charge on any atom is -0.371 e. The Bertz CT molecular complexity index is 521. The van der Waals surface area contributed by atoms with Gasteiger partial charge in [-0.3, -0.25) is 4.79 Å². The van der Waals surface area contributed by atoms with Crippen molar-refractivity contribution in [3.63, 3.8) is 0 Å². The third-order valence-corrected chi connectivity index (χ3v) is 4.84. The molecule has 1 aromatic rings. The second-order valence-electron chi connectivity index (χ2n) is 6.19. The summed E-state index contributed by atoms with van der Waals surface area (Å²) in [6.45, 7) is 5.17. The lowest BCUT2D eigenvalue weighted by Crippen LogP contribution is -2.57. The molecular formula is C17H24N2O2. The number of morpholine rings is 1. The number of anilines is 1. The fourth-order valence-corrected chi connectivity index (χ4v) is 3.47. The number of hydrogen-bond donors (Lipinski definition) is 0. The van der Waals surface area contributed by atoms with Gasteiger partial charge in [0.05, 0.1) is 5.60 Å². The van der Waals surface area contributed by atoms with E-state index in [4.69, 9.17) is 4.74 Å². The smallest absolute Gasteiger partial charge is 0.248 e. The van der Waals surface area contributed by atoms with E-state index in [-0.39, 0.29) is 18.1 Å². The first-order valence-electron chi connectivity index (χ1n) is 7.84. The van der Waals surface area contributed by atoms with Gasteiger partial charge >= 0.3 is 0 Å². The molecule has 4 heteroatoms. The molecule has 2 aliphatic heterocycles. The molecule has 1 aromatic carbocycles. The van der Waals surface area contributed by atoms with Gasteiger partial charge in [-0.1, -0.05) is 25.1 Å². The van der Waals surface area contributed by atoms with Crippen molar-refractivity contribution in [1.82, 2.24) is 4.90 Å². The van der Waals surface area contributed by atoms with E-state index in [2.05, 4.69) is 36.1 Å². The van der Waals surface area contributed by atoms with E-state index >= 15 is 0 Å². The van der Waals surface area contributed by atoms with Crippen LogP contribution in [0.25, 0.3) is 0 Å². The number of likely N-dealkylation sites (N-methyl/N-ethyl adjacent to an activating group) is 1. The summed E-state index contributed by atoms with van der Waals surface area (Å²) in [4.78, 5) is 15.9. The summed E-state index contributed by atoms with van der Waals surface area (Å²) in [5.41, 5.74) is 2.64. The molecule has 0 unspecified atom stereocenters. The summed E-state index contributed by atoms with van der Waals surface area (Å²) < 4.78 is 5.91. The van der Waals surface area contributed by atoms with E-state index in [1.54, 1.807) is 0 Å². The van der Waals surface area contributed by atoms with E-state index in [1.165, 1.54) is 11.3 Å². The maximum atomic E-state index is 11.6. The molecule has 0 bridgehead atoms. The van der Waals surface area contributed by atoms with Gasteiger partial charge in [-0.25, -0.2) is 0 Å². The van der Waals surface area contributed by atoms with Crippen LogP contribution in [0, 0.1) is 0 Å². The summed E-state index contributed by atoms with van der Waals surface area (Å²) in [7, 11) is 1.88. The zero-order chi connectivity index (χ0) is 14.9. The van der Waals surface area contributed by atoms with E-state index < -0.39 is 0 Å². The first-order chi connectivity index (χ1) is 10.1. The number of ether oxygens (including phenoxy) is 1. The number of rotatable bonds is 2. The monoisotopic (exact) mass is 288 g/mol. The zero-order valence-corrected chi connectivity index (χ0v) is 13.0. The van der Waals surface area contributed by atoms with Crippen LogP contribution in [-0.2, 0) is 16.0 Å². The molecule has 2 saturated heterocycles. The Morgan fingerprint density at radius 3 is 2.62 bits per heavy atom. The molecule has 0 aliphatic carbocycles. The molecule has 2 heterocycles. The summed E-state index contributed by atoms with van der Waals surface area (Å²) in [6, 6.07) is 8.65. The molecule has 114 valence electrons. The SMILES string of the molecule is CCc1ccccc1N1CCC2(CC1)CN(C)C(=O)CO2. The highest BCUT2D eigenvalue weighted by Gasteiger charge is 2.41. The summed E-state index contributed by atoms with van der Waals surface area (Å²) >= 11 is 0. The van der Waals surface area contributed by atoms with Gasteiger partial charge in [0.15, 0.2) is 0 Å². The number of para-hydroxylation sites is 1.